The number of carbonyl (C=O) groups is 2. The van der Waals surface area contributed by atoms with Crippen LogP contribution in [0.2, 0.25) is 0 Å². The highest BCUT2D eigenvalue weighted by molar-refractivity contribution is 5.98. The van der Waals surface area contributed by atoms with E-state index in [1.165, 1.54) is 0 Å². The zero-order chi connectivity index (χ0) is 20.3. The number of para-hydroxylation sites is 1. The normalized spacial score (nSPS) is 14.6. The quantitative estimate of drug-likeness (QED) is 0.707. The summed E-state index contributed by atoms with van der Waals surface area (Å²) in [6.45, 7) is 3.50. The molecule has 7 nitrogen and oxygen atoms in total. The Morgan fingerprint density at radius 3 is 2.14 bits per heavy atom. The topological polar surface area (TPSA) is 109 Å². The van der Waals surface area contributed by atoms with Crippen molar-refractivity contribution < 1.29 is 24.5 Å². The molecular formula is C21H20N2O5. The Kier molecular flexibility index (Phi) is 5.44. The van der Waals surface area contributed by atoms with E-state index in [0.29, 0.717) is 22.7 Å². The first-order valence-corrected chi connectivity index (χ1v) is 8.66. The summed E-state index contributed by atoms with van der Waals surface area (Å²) in [5.41, 5.74) is 2.18. The second kappa shape index (κ2) is 7.96. The molecule has 0 atom stereocenters. The number of carboxylic acid groups (broad SMARTS) is 2. The number of nitrogens with one attached hydrogen (secondary N) is 1. The maximum atomic E-state index is 12.0. The number of nitrogens with zero attached hydrogens (tertiary/aromatic N) is 1. The van der Waals surface area contributed by atoms with Gasteiger partial charge in [0.2, 0.25) is 0 Å². The number of benzene rings is 1. The third-order valence-electron chi connectivity index (χ3n) is 4.59. The average molecular weight is 380 g/mol. The van der Waals surface area contributed by atoms with Crippen LogP contribution in [0.1, 0.15) is 30.9 Å². The molecule has 0 amide bonds. The summed E-state index contributed by atoms with van der Waals surface area (Å²) in [6.07, 6.45) is 3.31. The molecule has 3 N–H and O–H groups in total. The maximum Gasteiger partial charge on any atom is 0.334 e. The Morgan fingerprint density at radius 1 is 1.00 bits per heavy atom. The molecule has 0 spiro atoms. The Hall–Kier alpha value is -3.61. The first kappa shape index (κ1) is 19.2. The fourth-order valence-electron chi connectivity index (χ4n) is 3.36. The van der Waals surface area contributed by atoms with E-state index in [9.17, 15) is 19.8 Å². The van der Waals surface area contributed by atoms with Crippen molar-refractivity contribution in [2.45, 2.75) is 26.4 Å². The number of hydrogen-bond acceptors (Lipinski definition) is 5. The van der Waals surface area contributed by atoms with Gasteiger partial charge in [-0.1, -0.05) is 18.2 Å². The summed E-state index contributed by atoms with van der Waals surface area (Å²) in [5, 5.41) is 22.4. The van der Waals surface area contributed by atoms with Crippen molar-refractivity contribution in [3.05, 3.63) is 82.5 Å². The van der Waals surface area contributed by atoms with Crippen LogP contribution in [0.4, 0.5) is 0 Å². The van der Waals surface area contributed by atoms with Gasteiger partial charge in [0.05, 0.1) is 17.1 Å². The lowest BCUT2D eigenvalue weighted by Gasteiger charge is -2.29. The van der Waals surface area contributed by atoms with Gasteiger partial charge in [-0.2, -0.15) is 0 Å². The second-order valence-corrected chi connectivity index (χ2v) is 6.43. The molecule has 0 aliphatic carbocycles. The molecule has 144 valence electrons. The van der Waals surface area contributed by atoms with Gasteiger partial charge in [0.25, 0.3) is 0 Å². The van der Waals surface area contributed by atoms with E-state index in [1.54, 1.807) is 50.5 Å². The molecule has 0 saturated carbocycles. The van der Waals surface area contributed by atoms with Gasteiger partial charge in [-0.25, -0.2) is 9.59 Å². The molecule has 0 saturated heterocycles. The van der Waals surface area contributed by atoms with Crippen molar-refractivity contribution >= 4 is 11.9 Å². The lowest BCUT2D eigenvalue weighted by atomic mass is 9.80. The summed E-state index contributed by atoms with van der Waals surface area (Å²) < 4.78 is 5.92. The fourth-order valence-corrected chi connectivity index (χ4v) is 3.36. The van der Waals surface area contributed by atoms with Crippen LogP contribution in [0.15, 0.2) is 71.3 Å². The SMILES string of the molecule is CC1=C(C(=O)O)C(c2ccccc2OCc2ccncc2)C(C(=O)O)=C(C)N1. The first-order valence-electron chi connectivity index (χ1n) is 8.66. The number of dihydropyridines is 1. The number of rotatable bonds is 6. The van der Waals surface area contributed by atoms with Crippen LogP contribution in [0.5, 0.6) is 5.75 Å². The van der Waals surface area contributed by atoms with E-state index >= 15 is 0 Å². The molecule has 1 aromatic carbocycles. The standard InChI is InChI=1S/C21H20N2O5/c1-12-17(20(24)25)19(18(21(26)27)13(2)23-12)15-5-3-4-6-16(15)28-11-14-7-9-22-10-8-14/h3-10,19,23H,11H2,1-2H3,(H,24,25)(H,26,27). The summed E-state index contributed by atoms with van der Waals surface area (Å²) in [7, 11) is 0. The lowest BCUT2D eigenvalue weighted by Crippen LogP contribution is -2.31. The van der Waals surface area contributed by atoms with E-state index < -0.39 is 17.9 Å². The summed E-state index contributed by atoms with van der Waals surface area (Å²) >= 11 is 0. The molecule has 0 bridgehead atoms. The van der Waals surface area contributed by atoms with Crippen LogP contribution in [-0.2, 0) is 16.2 Å². The average Bonchev–Trinajstić information content (AvgIpc) is 2.66. The maximum absolute atomic E-state index is 12.0. The lowest BCUT2D eigenvalue weighted by molar-refractivity contribution is -0.133. The largest absolute Gasteiger partial charge is 0.489 e. The minimum absolute atomic E-state index is 0.0111. The smallest absolute Gasteiger partial charge is 0.334 e. The van der Waals surface area contributed by atoms with Crippen LogP contribution in [0.25, 0.3) is 0 Å². The Morgan fingerprint density at radius 2 is 1.57 bits per heavy atom. The molecule has 0 fully saturated rings. The number of allylic oxidation sites excluding steroid dienone is 2. The van der Waals surface area contributed by atoms with Crippen molar-refractivity contribution in [2.24, 2.45) is 0 Å². The van der Waals surface area contributed by atoms with Crippen molar-refractivity contribution in [3.8, 4) is 5.75 Å². The minimum Gasteiger partial charge on any atom is -0.489 e. The Bertz CT molecular complexity index is 943. The third kappa shape index (κ3) is 3.73. The molecule has 1 aliphatic rings. The summed E-state index contributed by atoms with van der Waals surface area (Å²) in [4.78, 5) is 27.9. The third-order valence-corrected chi connectivity index (χ3v) is 4.59. The van der Waals surface area contributed by atoms with Gasteiger partial charge in [-0.15, -0.1) is 0 Å². The number of ether oxygens (including phenoxy) is 1. The molecular weight excluding hydrogens is 360 g/mol. The summed E-state index contributed by atoms with van der Waals surface area (Å²) in [6, 6.07) is 10.5. The second-order valence-electron chi connectivity index (χ2n) is 6.43. The van der Waals surface area contributed by atoms with E-state index in [0.717, 1.165) is 5.56 Å². The van der Waals surface area contributed by atoms with Crippen LogP contribution in [-0.4, -0.2) is 27.1 Å². The van der Waals surface area contributed by atoms with E-state index in [2.05, 4.69) is 10.3 Å². The number of carboxylic acids is 2. The minimum atomic E-state index is -1.18. The zero-order valence-corrected chi connectivity index (χ0v) is 15.5. The fraction of sp³-hybridized carbons (Fsp3) is 0.190. The Balaban J connectivity index is 2.07. The highest BCUT2D eigenvalue weighted by Crippen LogP contribution is 2.42. The molecule has 1 aliphatic heterocycles. The molecule has 7 heteroatoms. The van der Waals surface area contributed by atoms with E-state index in [4.69, 9.17) is 4.74 Å². The van der Waals surface area contributed by atoms with Gasteiger partial charge in [0.15, 0.2) is 0 Å². The highest BCUT2D eigenvalue weighted by atomic mass is 16.5. The van der Waals surface area contributed by atoms with Gasteiger partial charge >= 0.3 is 11.9 Å². The monoisotopic (exact) mass is 380 g/mol. The first-order chi connectivity index (χ1) is 13.4. The van der Waals surface area contributed by atoms with Gasteiger partial charge in [-0.05, 0) is 37.6 Å². The molecule has 0 unspecified atom stereocenters. The molecule has 2 aromatic rings. The van der Waals surface area contributed by atoms with E-state index in [-0.39, 0.29) is 17.8 Å². The van der Waals surface area contributed by atoms with Crippen LogP contribution in [0.3, 0.4) is 0 Å². The van der Waals surface area contributed by atoms with Crippen LogP contribution in [0, 0.1) is 0 Å². The molecule has 0 radical (unpaired) electrons. The predicted octanol–water partition coefficient (Wildman–Crippen LogP) is 3.06. The molecule has 3 rings (SSSR count). The zero-order valence-electron chi connectivity index (χ0n) is 15.5. The van der Waals surface area contributed by atoms with Crippen molar-refractivity contribution in [1.29, 1.82) is 0 Å². The number of pyridine rings is 1. The van der Waals surface area contributed by atoms with Crippen LogP contribution < -0.4 is 10.1 Å². The molecule has 28 heavy (non-hydrogen) atoms. The van der Waals surface area contributed by atoms with Gasteiger partial charge in [0, 0.05) is 29.4 Å². The van der Waals surface area contributed by atoms with E-state index in [1.807, 2.05) is 12.1 Å². The van der Waals surface area contributed by atoms with Gasteiger partial charge in [-0.3, -0.25) is 4.98 Å². The predicted molar refractivity (Wildman–Crippen MR) is 102 cm³/mol. The van der Waals surface area contributed by atoms with Crippen molar-refractivity contribution in [1.82, 2.24) is 10.3 Å². The molecule has 2 heterocycles. The van der Waals surface area contributed by atoms with Gasteiger partial charge in [0.1, 0.15) is 12.4 Å². The Labute approximate surface area is 162 Å². The van der Waals surface area contributed by atoms with Crippen molar-refractivity contribution in [3.63, 3.8) is 0 Å². The number of aromatic nitrogens is 1. The van der Waals surface area contributed by atoms with Crippen molar-refractivity contribution in [2.75, 3.05) is 0 Å². The summed E-state index contributed by atoms with van der Waals surface area (Å²) in [5.74, 6) is -2.87. The van der Waals surface area contributed by atoms with Crippen LogP contribution >= 0.6 is 0 Å². The number of aliphatic carboxylic acids is 2. The highest BCUT2D eigenvalue weighted by Gasteiger charge is 2.37. The van der Waals surface area contributed by atoms with Gasteiger partial charge < -0.3 is 20.3 Å². The number of hydrogen-bond donors (Lipinski definition) is 3. The molecule has 1 aromatic heterocycles.